The van der Waals surface area contributed by atoms with Crippen LogP contribution in [0.4, 0.5) is 5.69 Å². The minimum atomic E-state index is -0.438. The van der Waals surface area contributed by atoms with Crippen LogP contribution < -0.4 is 10.6 Å². The van der Waals surface area contributed by atoms with Crippen LogP contribution in [0.5, 0.6) is 0 Å². The maximum Gasteiger partial charge on any atom is 0.228 e. The molecule has 0 fully saturated rings. The molecule has 0 aliphatic carbocycles. The summed E-state index contributed by atoms with van der Waals surface area (Å²) in [4.78, 5) is 24.1. The SMILES string of the molecule is Cn1cc(CNC(=O)[C@H]2CC(=O)Nc3ccccc32)cn1. The van der Waals surface area contributed by atoms with Gasteiger partial charge in [0.2, 0.25) is 11.8 Å². The Labute approximate surface area is 122 Å². The number of hydrogen-bond donors (Lipinski definition) is 2. The molecule has 0 unspecified atom stereocenters. The van der Waals surface area contributed by atoms with Crippen molar-refractivity contribution in [3.8, 4) is 0 Å². The fraction of sp³-hybridized carbons (Fsp3) is 0.267. The third kappa shape index (κ3) is 2.79. The first-order chi connectivity index (χ1) is 10.1. The van der Waals surface area contributed by atoms with Gasteiger partial charge in [-0.15, -0.1) is 0 Å². The van der Waals surface area contributed by atoms with E-state index in [-0.39, 0.29) is 18.2 Å². The fourth-order valence-corrected chi connectivity index (χ4v) is 2.52. The van der Waals surface area contributed by atoms with Gasteiger partial charge in [0.15, 0.2) is 0 Å². The Balaban J connectivity index is 1.74. The number of amides is 2. The summed E-state index contributed by atoms with van der Waals surface area (Å²) in [6, 6.07) is 7.41. The van der Waals surface area contributed by atoms with E-state index in [9.17, 15) is 9.59 Å². The highest BCUT2D eigenvalue weighted by atomic mass is 16.2. The molecule has 2 N–H and O–H groups in total. The van der Waals surface area contributed by atoms with E-state index in [4.69, 9.17) is 0 Å². The van der Waals surface area contributed by atoms with E-state index in [1.807, 2.05) is 37.5 Å². The van der Waals surface area contributed by atoms with Gasteiger partial charge in [0.25, 0.3) is 0 Å². The van der Waals surface area contributed by atoms with Crippen molar-refractivity contribution in [1.82, 2.24) is 15.1 Å². The van der Waals surface area contributed by atoms with Crippen molar-refractivity contribution in [3.63, 3.8) is 0 Å². The minimum absolute atomic E-state index is 0.129. The number of nitrogens with one attached hydrogen (secondary N) is 2. The van der Waals surface area contributed by atoms with E-state index in [1.165, 1.54) is 0 Å². The van der Waals surface area contributed by atoms with Crippen LogP contribution in [-0.2, 0) is 23.2 Å². The molecule has 6 heteroatoms. The molecule has 0 saturated carbocycles. The first-order valence-corrected chi connectivity index (χ1v) is 6.77. The predicted molar refractivity (Wildman–Crippen MR) is 77.5 cm³/mol. The number of benzene rings is 1. The summed E-state index contributed by atoms with van der Waals surface area (Å²) < 4.78 is 1.69. The Morgan fingerprint density at radius 2 is 2.29 bits per heavy atom. The summed E-state index contributed by atoms with van der Waals surface area (Å²) >= 11 is 0. The van der Waals surface area contributed by atoms with E-state index in [0.717, 1.165) is 16.8 Å². The molecule has 1 atom stereocenters. The van der Waals surface area contributed by atoms with Crippen LogP contribution in [0.15, 0.2) is 36.7 Å². The molecule has 0 radical (unpaired) electrons. The molecule has 0 spiro atoms. The average molecular weight is 284 g/mol. The number of nitrogens with zero attached hydrogens (tertiary/aromatic N) is 2. The standard InChI is InChI=1S/C15H16N4O2/c1-19-9-10(8-17-19)7-16-15(21)12-6-14(20)18-13-5-3-2-4-11(12)13/h2-5,8-9,12H,6-7H2,1H3,(H,16,21)(H,18,20)/t12-/m0/s1. The number of carbonyl (C=O) groups excluding carboxylic acids is 2. The molecule has 1 aliphatic heterocycles. The highest BCUT2D eigenvalue weighted by molar-refractivity contribution is 6.01. The molecule has 6 nitrogen and oxygen atoms in total. The van der Waals surface area contributed by atoms with Crippen molar-refractivity contribution in [3.05, 3.63) is 47.8 Å². The molecule has 0 saturated heterocycles. The second-order valence-electron chi connectivity index (χ2n) is 5.13. The number of anilines is 1. The number of carbonyl (C=O) groups is 2. The van der Waals surface area contributed by atoms with Crippen LogP contribution in [0.2, 0.25) is 0 Å². The molecule has 108 valence electrons. The maximum absolute atomic E-state index is 12.4. The van der Waals surface area contributed by atoms with Crippen molar-refractivity contribution in [2.24, 2.45) is 7.05 Å². The zero-order chi connectivity index (χ0) is 14.8. The van der Waals surface area contributed by atoms with Gasteiger partial charge in [-0.25, -0.2) is 0 Å². The van der Waals surface area contributed by atoms with Gasteiger partial charge in [0.1, 0.15) is 0 Å². The van der Waals surface area contributed by atoms with E-state index in [2.05, 4.69) is 15.7 Å². The first kappa shape index (κ1) is 13.4. The quantitative estimate of drug-likeness (QED) is 0.888. The lowest BCUT2D eigenvalue weighted by atomic mass is 9.90. The third-order valence-electron chi connectivity index (χ3n) is 3.54. The summed E-state index contributed by atoms with van der Waals surface area (Å²) in [7, 11) is 1.83. The van der Waals surface area contributed by atoms with Crippen molar-refractivity contribution >= 4 is 17.5 Å². The maximum atomic E-state index is 12.4. The normalized spacial score (nSPS) is 17.0. The summed E-state index contributed by atoms with van der Waals surface area (Å²) in [5.74, 6) is -0.706. The zero-order valence-corrected chi connectivity index (χ0v) is 11.7. The Morgan fingerprint density at radius 1 is 1.48 bits per heavy atom. The van der Waals surface area contributed by atoms with Crippen LogP contribution in [-0.4, -0.2) is 21.6 Å². The van der Waals surface area contributed by atoms with Crippen molar-refractivity contribution in [2.45, 2.75) is 18.9 Å². The summed E-state index contributed by atoms with van der Waals surface area (Å²) in [5.41, 5.74) is 2.51. The highest BCUT2D eigenvalue weighted by Crippen LogP contribution is 2.31. The van der Waals surface area contributed by atoms with Crippen LogP contribution in [0, 0.1) is 0 Å². The number of aryl methyl sites for hydroxylation is 1. The first-order valence-electron chi connectivity index (χ1n) is 6.77. The van der Waals surface area contributed by atoms with Crippen LogP contribution >= 0.6 is 0 Å². The topological polar surface area (TPSA) is 76.0 Å². The van der Waals surface area contributed by atoms with E-state index >= 15 is 0 Å². The van der Waals surface area contributed by atoms with E-state index in [1.54, 1.807) is 10.9 Å². The second-order valence-corrected chi connectivity index (χ2v) is 5.13. The third-order valence-corrected chi connectivity index (χ3v) is 3.54. The average Bonchev–Trinajstić information content (AvgIpc) is 2.89. The van der Waals surface area contributed by atoms with Crippen LogP contribution in [0.3, 0.4) is 0 Å². The molecular formula is C15H16N4O2. The lowest BCUT2D eigenvalue weighted by molar-refractivity contribution is -0.126. The van der Waals surface area contributed by atoms with Gasteiger partial charge >= 0.3 is 0 Å². The Hall–Kier alpha value is -2.63. The lowest BCUT2D eigenvalue weighted by Crippen LogP contribution is -2.34. The summed E-state index contributed by atoms with van der Waals surface area (Å²) in [6.45, 7) is 0.410. The second kappa shape index (κ2) is 5.40. The minimum Gasteiger partial charge on any atom is -0.351 e. The number of para-hydroxylation sites is 1. The highest BCUT2D eigenvalue weighted by Gasteiger charge is 2.30. The number of rotatable bonds is 3. The molecule has 1 aliphatic rings. The zero-order valence-electron chi connectivity index (χ0n) is 11.7. The van der Waals surface area contributed by atoms with Gasteiger partial charge in [0, 0.05) is 37.5 Å². The van der Waals surface area contributed by atoms with E-state index < -0.39 is 5.92 Å². The molecule has 0 bridgehead atoms. The molecule has 2 amide bonds. The van der Waals surface area contributed by atoms with Gasteiger partial charge in [0.05, 0.1) is 12.1 Å². The fourth-order valence-electron chi connectivity index (χ4n) is 2.52. The smallest absolute Gasteiger partial charge is 0.228 e. The predicted octanol–water partition coefficient (Wildman–Crippen LogP) is 1.16. The van der Waals surface area contributed by atoms with Gasteiger partial charge in [-0.2, -0.15) is 5.10 Å². The molecule has 21 heavy (non-hydrogen) atoms. The number of fused-ring (bicyclic) bond motifs is 1. The molecule has 2 heterocycles. The molecule has 1 aromatic carbocycles. The Bertz CT molecular complexity index is 692. The molecule has 3 rings (SSSR count). The van der Waals surface area contributed by atoms with Crippen LogP contribution in [0.1, 0.15) is 23.5 Å². The molecule has 1 aromatic heterocycles. The van der Waals surface area contributed by atoms with Crippen molar-refractivity contribution in [1.29, 1.82) is 0 Å². The number of hydrogen-bond acceptors (Lipinski definition) is 3. The van der Waals surface area contributed by atoms with Gasteiger partial charge in [-0.1, -0.05) is 18.2 Å². The largest absolute Gasteiger partial charge is 0.351 e. The monoisotopic (exact) mass is 284 g/mol. The van der Waals surface area contributed by atoms with Gasteiger partial charge < -0.3 is 10.6 Å². The molecule has 2 aromatic rings. The lowest BCUT2D eigenvalue weighted by Gasteiger charge is -2.24. The van der Waals surface area contributed by atoms with E-state index in [0.29, 0.717) is 6.54 Å². The Kier molecular flexibility index (Phi) is 3.43. The summed E-state index contributed by atoms with van der Waals surface area (Å²) in [5, 5.41) is 9.72. The van der Waals surface area contributed by atoms with Crippen molar-refractivity contribution < 1.29 is 9.59 Å². The molecular weight excluding hydrogens is 268 g/mol. The summed E-state index contributed by atoms with van der Waals surface area (Å²) in [6.07, 6.45) is 3.74. The number of aromatic nitrogens is 2. The van der Waals surface area contributed by atoms with Gasteiger partial charge in [-0.3, -0.25) is 14.3 Å². The van der Waals surface area contributed by atoms with Crippen LogP contribution in [0.25, 0.3) is 0 Å². The van der Waals surface area contributed by atoms with Crippen molar-refractivity contribution in [2.75, 3.05) is 5.32 Å². The van der Waals surface area contributed by atoms with Gasteiger partial charge in [-0.05, 0) is 11.6 Å². The Morgan fingerprint density at radius 3 is 3.05 bits per heavy atom.